The minimum atomic E-state index is -4.34. The number of hydrogen-bond acceptors (Lipinski definition) is 3. The van der Waals surface area contributed by atoms with Crippen molar-refractivity contribution < 1.29 is 22.5 Å². The van der Waals surface area contributed by atoms with Crippen LogP contribution in [0.2, 0.25) is 0 Å². The molecule has 1 saturated carbocycles. The van der Waals surface area contributed by atoms with Gasteiger partial charge < -0.3 is 9.42 Å². The average molecular weight is 338 g/mol. The predicted octanol–water partition coefficient (Wildman–Crippen LogP) is 3.76. The zero-order valence-electron chi connectivity index (χ0n) is 13.3. The first-order valence-electron chi connectivity index (χ1n) is 7.60. The third kappa shape index (κ3) is 3.44. The molecule has 2 aromatic rings. The Labute approximate surface area is 137 Å². The van der Waals surface area contributed by atoms with Gasteiger partial charge in [0.15, 0.2) is 0 Å². The summed E-state index contributed by atoms with van der Waals surface area (Å²) in [5.41, 5.74) is 0.774. The molecule has 1 aromatic carbocycles. The lowest BCUT2D eigenvalue weighted by atomic mass is 10.1. The minimum Gasteiger partial charge on any atom is -0.361 e. The number of nitrogens with zero attached hydrogens (tertiary/aromatic N) is 2. The van der Waals surface area contributed by atoms with Gasteiger partial charge in [-0.1, -0.05) is 17.3 Å². The van der Waals surface area contributed by atoms with Crippen molar-refractivity contribution in [2.45, 2.75) is 32.0 Å². The molecule has 1 aliphatic carbocycles. The Hall–Kier alpha value is -2.31. The molecule has 7 heteroatoms. The first-order chi connectivity index (χ1) is 11.3. The first-order valence-corrected chi connectivity index (χ1v) is 7.60. The Morgan fingerprint density at radius 3 is 2.54 bits per heavy atom. The topological polar surface area (TPSA) is 46.3 Å². The summed E-state index contributed by atoms with van der Waals surface area (Å²) in [4.78, 5) is 14.0. The maximum Gasteiger partial charge on any atom is 0.416 e. The standard InChI is InChI=1S/C17H17F3N2O2/c1-10-7-13(21-24-10)9-22(2)16(23)15-8-14(15)11-3-5-12(6-4-11)17(18,19)20/h3-7,14-15H,8-9H2,1-2H3/t14-,15-/m1/s1. The molecule has 1 aromatic heterocycles. The van der Waals surface area contributed by atoms with Gasteiger partial charge in [-0.15, -0.1) is 0 Å². The fourth-order valence-corrected chi connectivity index (χ4v) is 2.85. The highest BCUT2D eigenvalue weighted by atomic mass is 19.4. The molecule has 1 fully saturated rings. The number of alkyl halides is 3. The van der Waals surface area contributed by atoms with Crippen molar-refractivity contribution in [3.8, 4) is 0 Å². The van der Waals surface area contributed by atoms with Gasteiger partial charge in [-0.05, 0) is 37.0 Å². The summed E-state index contributed by atoms with van der Waals surface area (Å²) in [7, 11) is 1.69. The lowest BCUT2D eigenvalue weighted by molar-refractivity contribution is -0.137. The molecule has 0 bridgehead atoms. The molecule has 0 saturated heterocycles. The third-order valence-electron chi connectivity index (χ3n) is 4.23. The molecule has 4 nitrogen and oxygen atoms in total. The quantitative estimate of drug-likeness (QED) is 0.853. The molecule has 0 aliphatic heterocycles. The maximum atomic E-state index is 12.6. The maximum absolute atomic E-state index is 12.6. The zero-order chi connectivity index (χ0) is 17.5. The van der Waals surface area contributed by atoms with Crippen LogP contribution in [0, 0.1) is 12.8 Å². The molecule has 2 atom stereocenters. The lowest BCUT2D eigenvalue weighted by Crippen LogP contribution is -2.28. The first kappa shape index (κ1) is 16.5. The van der Waals surface area contributed by atoms with Crippen LogP contribution in [0.1, 0.15) is 34.9 Å². The van der Waals surface area contributed by atoms with Crippen molar-refractivity contribution in [3.05, 3.63) is 52.9 Å². The molecule has 24 heavy (non-hydrogen) atoms. The second kappa shape index (κ2) is 5.96. The molecule has 1 heterocycles. The molecule has 3 rings (SSSR count). The summed E-state index contributed by atoms with van der Waals surface area (Å²) in [6.07, 6.45) is -3.68. The van der Waals surface area contributed by atoms with Crippen LogP contribution in [0.5, 0.6) is 0 Å². The van der Waals surface area contributed by atoms with Gasteiger partial charge in [0.25, 0.3) is 0 Å². The second-order valence-corrected chi connectivity index (χ2v) is 6.19. The van der Waals surface area contributed by atoms with Gasteiger partial charge in [-0.3, -0.25) is 4.79 Å². The Bertz CT molecular complexity index is 737. The number of carbonyl (C=O) groups excluding carboxylic acids is 1. The van der Waals surface area contributed by atoms with Gasteiger partial charge in [0, 0.05) is 19.0 Å². The Kier molecular flexibility index (Phi) is 4.11. The zero-order valence-corrected chi connectivity index (χ0v) is 13.3. The second-order valence-electron chi connectivity index (χ2n) is 6.19. The molecule has 1 aliphatic rings. The van der Waals surface area contributed by atoms with Gasteiger partial charge in [0.05, 0.1) is 12.1 Å². The highest BCUT2D eigenvalue weighted by Gasteiger charge is 2.45. The predicted molar refractivity (Wildman–Crippen MR) is 80.0 cm³/mol. The van der Waals surface area contributed by atoms with E-state index in [4.69, 9.17) is 4.52 Å². The summed E-state index contributed by atoms with van der Waals surface area (Å²) >= 11 is 0. The van der Waals surface area contributed by atoms with E-state index in [0.717, 1.165) is 17.7 Å². The fourth-order valence-electron chi connectivity index (χ4n) is 2.85. The molecular formula is C17H17F3N2O2. The van der Waals surface area contributed by atoms with Crippen molar-refractivity contribution in [1.82, 2.24) is 10.1 Å². The smallest absolute Gasteiger partial charge is 0.361 e. The molecule has 0 N–H and O–H groups in total. The van der Waals surface area contributed by atoms with Gasteiger partial charge in [-0.25, -0.2) is 0 Å². The summed E-state index contributed by atoms with van der Waals surface area (Å²) < 4.78 is 42.7. The Morgan fingerprint density at radius 1 is 1.33 bits per heavy atom. The lowest BCUT2D eigenvalue weighted by Gasteiger charge is -2.15. The monoisotopic (exact) mass is 338 g/mol. The molecule has 1 amide bonds. The number of amides is 1. The van der Waals surface area contributed by atoms with Crippen LogP contribution >= 0.6 is 0 Å². The van der Waals surface area contributed by atoms with E-state index in [-0.39, 0.29) is 17.7 Å². The van der Waals surface area contributed by atoms with E-state index in [2.05, 4.69) is 5.16 Å². The van der Waals surface area contributed by atoms with E-state index < -0.39 is 11.7 Å². The summed E-state index contributed by atoms with van der Waals surface area (Å²) in [5.74, 6) is 0.460. The molecular weight excluding hydrogens is 321 g/mol. The largest absolute Gasteiger partial charge is 0.416 e. The number of benzene rings is 1. The number of aromatic nitrogens is 1. The molecule has 0 radical (unpaired) electrons. The van der Waals surface area contributed by atoms with Crippen LogP contribution in [0.4, 0.5) is 13.2 Å². The van der Waals surface area contributed by atoms with Crippen LogP contribution in [0.15, 0.2) is 34.9 Å². The van der Waals surface area contributed by atoms with Crippen molar-refractivity contribution in [1.29, 1.82) is 0 Å². The molecule has 0 unspecified atom stereocenters. The third-order valence-corrected chi connectivity index (χ3v) is 4.23. The average Bonchev–Trinajstić information content (AvgIpc) is 3.22. The van der Waals surface area contributed by atoms with E-state index in [9.17, 15) is 18.0 Å². The SMILES string of the molecule is Cc1cc(CN(C)C(=O)[C@@H]2C[C@@H]2c2ccc(C(F)(F)F)cc2)no1. The summed E-state index contributed by atoms with van der Waals surface area (Å²) in [6, 6.07) is 6.82. The van der Waals surface area contributed by atoms with Crippen LogP contribution in [-0.2, 0) is 17.5 Å². The van der Waals surface area contributed by atoms with Crippen molar-refractivity contribution in [2.75, 3.05) is 7.05 Å². The van der Waals surface area contributed by atoms with Crippen molar-refractivity contribution in [2.24, 2.45) is 5.92 Å². The summed E-state index contributed by atoms with van der Waals surface area (Å²) in [6.45, 7) is 2.13. The Balaban J connectivity index is 1.61. The number of carbonyl (C=O) groups is 1. The van der Waals surface area contributed by atoms with Crippen molar-refractivity contribution in [3.63, 3.8) is 0 Å². The van der Waals surface area contributed by atoms with Gasteiger partial charge >= 0.3 is 6.18 Å². The van der Waals surface area contributed by atoms with Gasteiger partial charge in [0.2, 0.25) is 5.91 Å². The number of hydrogen-bond donors (Lipinski definition) is 0. The Morgan fingerprint density at radius 2 is 2.00 bits per heavy atom. The fraction of sp³-hybridized carbons (Fsp3) is 0.412. The van der Waals surface area contributed by atoms with Gasteiger partial charge in [0.1, 0.15) is 11.5 Å². The van der Waals surface area contributed by atoms with E-state index in [1.54, 1.807) is 24.9 Å². The van der Waals surface area contributed by atoms with E-state index in [1.807, 2.05) is 0 Å². The number of rotatable bonds is 4. The normalized spacial score (nSPS) is 20.0. The van der Waals surface area contributed by atoms with Gasteiger partial charge in [-0.2, -0.15) is 13.2 Å². The minimum absolute atomic E-state index is 0.0127. The number of aryl methyl sites for hydroxylation is 1. The van der Waals surface area contributed by atoms with Crippen LogP contribution < -0.4 is 0 Å². The van der Waals surface area contributed by atoms with E-state index in [0.29, 0.717) is 24.4 Å². The highest BCUT2D eigenvalue weighted by molar-refractivity contribution is 5.82. The number of halogens is 3. The van der Waals surface area contributed by atoms with Crippen LogP contribution in [-0.4, -0.2) is 23.0 Å². The summed E-state index contributed by atoms with van der Waals surface area (Å²) in [5, 5.41) is 3.85. The molecule has 0 spiro atoms. The van der Waals surface area contributed by atoms with E-state index in [1.165, 1.54) is 12.1 Å². The van der Waals surface area contributed by atoms with Crippen molar-refractivity contribution >= 4 is 5.91 Å². The van der Waals surface area contributed by atoms with Crippen LogP contribution in [0.25, 0.3) is 0 Å². The van der Waals surface area contributed by atoms with E-state index >= 15 is 0 Å². The highest BCUT2D eigenvalue weighted by Crippen LogP contribution is 2.48. The molecule has 128 valence electrons. The van der Waals surface area contributed by atoms with Crippen LogP contribution in [0.3, 0.4) is 0 Å².